The summed E-state index contributed by atoms with van der Waals surface area (Å²) in [6.07, 6.45) is 4.12. The van der Waals surface area contributed by atoms with Gasteiger partial charge in [-0.15, -0.1) is 0 Å². The van der Waals surface area contributed by atoms with E-state index in [1.165, 1.54) is 12.1 Å². The lowest BCUT2D eigenvalue weighted by Crippen LogP contribution is -2.55. The molecule has 2 aromatic rings. The molecule has 158 valence electrons. The fourth-order valence-corrected chi connectivity index (χ4v) is 4.81. The first-order valence-corrected chi connectivity index (χ1v) is 10.6. The Morgan fingerprint density at radius 1 is 1.30 bits per heavy atom. The number of rotatable bonds is 4. The summed E-state index contributed by atoms with van der Waals surface area (Å²) in [5.41, 5.74) is 1.19. The van der Waals surface area contributed by atoms with Gasteiger partial charge in [0.1, 0.15) is 10.8 Å². The van der Waals surface area contributed by atoms with Gasteiger partial charge in [0.05, 0.1) is 12.5 Å². The molecule has 0 radical (unpaired) electrons. The lowest BCUT2D eigenvalue weighted by Gasteiger charge is -2.42. The van der Waals surface area contributed by atoms with Crippen LogP contribution in [0.4, 0.5) is 8.78 Å². The van der Waals surface area contributed by atoms with Crippen molar-refractivity contribution in [2.75, 3.05) is 13.1 Å². The molecule has 1 aromatic heterocycles. The van der Waals surface area contributed by atoms with Gasteiger partial charge in [-0.3, -0.25) is 4.79 Å². The maximum atomic E-state index is 14.1. The molecule has 2 atom stereocenters. The van der Waals surface area contributed by atoms with Crippen LogP contribution in [-0.4, -0.2) is 34.9 Å². The van der Waals surface area contributed by atoms with Crippen molar-refractivity contribution in [1.82, 2.24) is 15.2 Å². The van der Waals surface area contributed by atoms with Crippen molar-refractivity contribution >= 4 is 17.5 Å². The number of amides is 1. The molecule has 1 spiro atoms. The van der Waals surface area contributed by atoms with Gasteiger partial charge in [0.25, 0.3) is 0 Å². The van der Waals surface area contributed by atoms with Crippen molar-refractivity contribution in [2.24, 2.45) is 5.92 Å². The van der Waals surface area contributed by atoms with E-state index in [-0.39, 0.29) is 18.6 Å². The van der Waals surface area contributed by atoms with Crippen molar-refractivity contribution in [3.8, 4) is 0 Å². The standard InChI is InChI=1S/C22H22ClF2N3O2/c23-20-4-1-13(9-27-20)11-28(15-2-3-15)21(29)17-10-26-6-5-22(17)16-8-19(25)18(24)7-14(16)12-30-22/h1,4,7-9,15,17,26H,2-3,5-6,10-12H2/t17-,22+/m1/s1. The number of piperidine rings is 1. The number of carbonyl (C=O) groups is 1. The molecule has 3 aliphatic rings. The maximum absolute atomic E-state index is 14.1. The van der Waals surface area contributed by atoms with Crippen molar-refractivity contribution in [1.29, 1.82) is 0 Å². The minimum absolute atomic E-state index is 0.0303. The first kappa shape index (κ1) is 19.8. The Hall–Kier alpha value is -2.09. The Bertz CT molecular complexity index is 983. The molecule has 1 saturated heterocycles. The lowest BCUT2D eigenvalue weighted by atomic mass is 9.75. The number of halogens is 3. The topological polar surface area (TPSA) is 54.5 Å². The molecule has 5 nitrogen and oxygen atoms in total. The minimum atomic E-state index is -0.933. The van der Waals surface area contributed by atoms with Crippen LogP contribution in [0.15, 0.2) is 30.5 Å². The van der Waals surface area contributed by atoms with Gasteiger partial charge in [-0.05, 0) is 60.7 Å². The number of nitrogens with zero attached hydrogens (tertiary/aromatic N) is 2. The summed E-state index contributed by atoms with van der Waals surface area (Å²) in [5.74, 6) is -2.34. The van der Waals surface area contributed by atoms with E-state index < -0.39 is 23.2 Å². The lowest BCUT2D eigenvalue weighted by molar-refractivity contribution is -0.157. The Morgan fingerprint density at radius 2 is 2.10 bits per heavy atom. The second-order valence-electron chi connectivity index (χ2n) is 8.29. The molecule has 2 aliphatic heterocycles. The van der Waals surface area contributed by atoms with Crippen LogP contribution in [0, 0.1) is 17.6 Å². The van der Waals surface area contributed by atoms with Crippen LogP contribution in [-0.2, 0) is 28.3 Å². The third kappa shape index (κ3) is 3.39. The van der Waals surface area contributed by atoms with Gasteiger partial charge in [0.15, 0.2) is 11.6 Å². The average molecular weight is 434 g/mol. The van der Waals surface area contributed by atoms with E-state index in [0.717, 1.165) is 18.4 Å². The predicted octanol–water partition coefficient (Wildman–Crippen LogP) is 3.54. The molecule has 5 rings (SSSR count). The van der Waals surface area contributed by atoms with E-state index in [9.17, 15) is 13.6 Å². The van der Waals surface area contributed by atoms with Gasteiger partial charge in [-0.2, -0.15) is 0 Å². The van der Waals surface area contributed by atoms with Gasteiger partial charge in [0.2, 0.25) is 5.91 Å². The largest absolute Gasteiger partial charge is 0.365 e. The molecular weight excluding hydrogens is 412 g/mol. The molecule has 1 N–H and O–H groups in total. The SMILES string of the molecule is O=C([C@H]1CNCC[C@@]12OCc1cc(F)c(F)cc12)N(Cc1ccc(Cl)nc1)C1CC1. The molecule has 0 unspecified atom stereocenters. The Kier molecular flexibility index (Phi) is 5.00. The first-order chi connectivity index (χ1) is 14.5. The molecule has 1 aromatic carbocycles. The normalized spacial score (nSPS) is 25.4. The van der Waals surface area contributed by atoms with Crippen molar-refractivity contribution in [2.45, 2.75) is 44.1 Å². The van der Waals surface area contributed by atoms with Gasteiger partial charge in [-0.25, -0.2) is 13.8 Å². The zero-order chi connectivity index (χ0) is 20.9. The summed E-state index contributed by atoms with van der Waals surface area (Å²) in [5, 5.41) is 3.69. The van der Waals surface area contributed by atoms with Crippen LogP contribution >= 0.6 is 11.6 Å². The minimum Gasteiger partial charge on any atom is -0.365 e. The Labute approximate surface area is 178 Å². The second kappa shape index (κ2) is 7.55. The van der Waals surface area contributed by atoms with Crippen LogP contribution < -0.4 is 5.32 Å². The smallest absolute Gasteiger partial charge is 0.230 e. The quantitative estimate of drug-likeness (QED) is 0.749. The highest BCUT2D eigenvalue weighted by Gasteiger charge is 2.53. The Balaban J connectivity index is 1.48. The molecule has 1 saturated carbocycles. The summed E-state index contributed by atoms with van der Waals surface area (Å²) in [7, 11) is 0. The third-order valence-electron chi connectivity index (χ3n) is 6.38. The van der Waals surface area contributed by atoms with Crippen LogP contribution in [0.5, 0.6) is 0 Å². The average Bonchev–Trinajstić information content (AvgIpc) is 3.53. The number of benzene rings is 1. The highest BCUT2D eigenvalue weighted by atomic mass is 35.5. The summed E-state index contributed by atoms with van der Waals surface area (Å²) < 4.78 is 34.0. The van der Waals surface area contributed by atoms with Gasteiger partial charge in [-0.1, -0.05) is 17.7 Å². The van der Waals surface area contributed by atoms with E-state index in [1.807, 2.05) is 11.0 Å². The van der Waals surface area contributed by atoms with Crippen molar-refractivity contribution in [3.05, 3.63) is 63.9 Å². The van der Waals surface area contributed by atoms with E-state index >= 15 is 0 Å². The number of ether oxygens (including phenoxy) is 1. The van der Waals surface area contributed by atoms with Gasteiger partial charge < -0.3 is 15.0 Å². The van der Waals surface area contributed by atoms with Crippen LogP contribution in [0.25, 0.3) is 0 Å². The zero-order valence-electron chi connectivity index (χ0n) is 16.3. The van der Waals surface area contributed by atoms with Gasteiger partial charge >= 0.3 is 0 Å². The fraction of sp³-hybridized carbons (Fsp3) is 0.455. The summed E-state index contributed by atoms with van der Waals surface area (Å²) >= 11 is 5.89. The third-order valence-corrected chi connectivity index (χ3v) is 6.61. The van der Waals surface area contributed by atoms with Crippen molar-refractivity contribution in [3.63, 3.8) is 0 Å². The fourth-order valence-electron chi connectivity index (χ4n) is 4.70. The van der Waals surface area contributed by atoms with Gasteiger partial charge in [0, 0.05) is 25.3 Å². The van der Waals surface area contributed by atoms with Crippen LogP contribution in [0.2, 0.25) is 5.15 Å². The number of nitrogens with one attached hydrogen (secondary N) is 1. The molecule has 3 heterocycles. The molecule has 2 fully saturated rings. The number of hydrogen-bond donors (Lipinski definition) is 1. The molecule has 0 bridgehead atoms. The molecule has 30 heavy (non-hydrogen) atoms. The molecule has 1 amide bonds. The van der Waals surface area contributed by atoms with Crippen LogP contribution in [0.1, 0.15) is 36.0 Å². The van der Waals surface area contributed by atoms with Crippen molar-refractivity contribution < 1.29 is 18.3 Å². The number of pyridine rings is 1. The number of fused-ring (bicyclic) bond motifs is 2. The zero-order valence-corrected chi connectivity index (χ0v) is 17.1. The summed E-state index contributed by atoms with van der Waals surface area (Å²) in [6, 6.07) is 6.17. The molecular formula is C22H22ClF2N3O2. The number of aromatic nitrogens is 1. The highest BCUT2D eigenvalue weighted by molar-refractivity contribution is 6.29. The predicted molar refractivity (Wildman–Crippen MR) is 107 cm³/mol. The van der Waals surface area contributed by atoms with E-state index in [1.54, 1.807) is 12.3 Å². The molecule has 1 aliphatic carbocycles. The summed E-state index contributed by atoms with van der Waals surface area (Å²) in [4.78, 5) is 19.8. The van der Waals surface area contributed by atoms with E-state index in [2.05, 4.69) is 10.3 Å². The van der Waals surface area contributed by atoms with E-state index in [0.29, 0.717) is 42.3 Å². The summed E-state index contributed by atoms with van der Waals surface area (Å²) in [6.45, 7) is 1.69. The second-order valence-corrected chi connectivity index (χ2v) is 8.68. The first-order valence-electron chi connectivity index (χ1n) is 10.2. The Morgan fingerprint density at radius 3 is 2.83 bits per heavy atom. The molecule has 8 heteroatoms. The monoisotopic (exact) mass is 433 g/mol. The highest BCUT2D eigenvalue weighted by Crippen LogP contribution is 2.48. The van der Waals surface area contributed by atoms with Crippen LogP contribution in [0.3, 0.4) is 0 Å². The maximum Gasteiger partial charge on any atom is 0.230 e. The number of hydrogen-bond acceptors (Lipinski definition) is 4. The van der Waals surface area contributed by atoms with E-state index in [4.69, 9.17) is 16.3 Å². The number of carbonyl (C=O) groups excluding carboxylic acids is 1.